The lowest BCUT2D eigenvalue weighted by molar-refractivity contribution is 0.516. The number of hydrogen-bond donors (Lipinski definition) is 0. The number of rotatable bonds is 6. The first-order valence-electron chi connectivity index (χ1n) is 12.8. The summed E-state index contributed by atoms with van der Waals surface area (Å²) in [6.07, 6.45) is 4.02. The van der Waals surface area contributed by atoms with Crippen LogP contribution < -0.4 is 14.7 Å². The van der Waals surface area contributed by atoms with Gasteiger partial charge < -0.3 is 19.1 Å². The van der Waals surface area contributed by atoms with Crippen LogP contribution in [0.4, 0.5) is 26.9 Å². The molecule has 9 nitrogen and oxygen atoms in total. The van der Waals surface area contributed by atoms with Gasteiger partial charge in [-0.3, -0.25) is 0 Å². The summed E-state index contributed by atoms with van der Waals surface area (Å²) < 4.78 is 21.0. The molecule has 1 aliphatic heterocycles. The highest BCUT2D eigenvalue weighted by Gasteiger charge is 2.25. The van der Waals surface area contributed by atoms with E-state index >= 15 is 0 Å². The average molecular weight is 543 g/mol. The number of nitrogens with zero attached hydrogens (tertiary/aromatic N) is 8. The maximum Gasteiger partial charge on any atom is 0.297 e. The fourth-order valence-electron chi connectivity index (χ4n) is 5.07. The fraction of sp³-hybridized carbons (Fsp3) is 0.286. The van der Waals surface area contributed by atoms with Crippen LogP contribution in [0, 0.1) is 24.1 Å². The quantitative estimate of drug-likeness (QED) is 0.281. The molecule has 1 fully saturated rings. The number of nitriles is 1. The third-order valence-corrected chi connectivity index (χ3v) is 8.10. The zero-order valence-corrected chi connectivity index (χ0v) is 22.7. The zero-order chi connectivity index (χ0) is 27.1. The summed E-state index contributed by atoms with van der Waals surface area (Å²) in [7, 11) is 1.96. The van der Waals surface area contributed by atoms with Crippen LogP contribution in [-0.2, 0) is 6.42 Å². The number of hydrogen-bond acceptors (Lipinski definition) is 9. The van der Waals surface area contributed by atoms with Gasteiger partial charge in [0.15, 0.2) is 5.13 Å². The Hall–Kier alpha value is -4.43. The number of benzene rings is 1. The standard InChI is InChI=1S/C28H27FN8OS/c1-4-22-26(34(3)28-32-25(24(17-30)39-28)19-5-7-20(29)8-6-19)23-16-21(15-18(2)37(23)33-22)35-10-12-36(13-11-35)27-31-9-14-38-27/h5-9,14-16H,4,10-13H2,1-3H3. The summed E-state index contributed by atoms with van der Waals surface area (Å²) in [5, 5.41) is 15.4. The molecule has 5 aromatic rings. The molecule has 6 rings (SSSR count). The Balaban J connectivity index is 1.36. The van der Waals surface area contributed by atoms with Crippen LogP contribution >= 0.6 is 11.3 Å². The van der Waals surface area contributed by atoms with E-state index in [2.05, 4.69) is 46.8 Å². The first-order chi connectivity index (χ1) is 19.0. The highest BCUT2D eigenvalue weighted by molar-refractivity contribution is 7.16. The van der Waals surface area contributed by atoms with Crippen molar-refractivity contribution in [2.75, 3.05) is 47.9 Å². The van der Waals surface area contributed by atoms with Crippen molar-refractivity contribution in [1.82, 2.24) is 19.6 Å². The largest absolute Gasteiger partial charge is 0.432 e. The minimum Gasteiger partial charge on any atom is -0.432 e. The first-order valence-corrected chi connectivity index (χ1v) is 13.6. The zero-order valence-electron chi connectivity index (χ0n) is 21.9. The summed E-state index contributed by atoms with van der Waals surface area (Å²) >= 11 is 1.32. The smallest absolute Gasteiger partial charge is 0.297 e. The van der Waals surface area contributed by atoms with Crippen LogP contribution in [0.2, 0.25) is 0 Å². The minimum atomic E-state index is -0.325. The summed E-state index contributed by atoms with van der Waals surface area (Å²) in [6.45, 7) is 7.48. The SMILES string of the molecule is CCc1nn2c(C)cc(N3CCN(c4ncco4)CC3)cc2c1N(C)c1nc(-c2ccc(F)cc2)c(C#N)s1. The van der Waals surface area contributed by atoms with Gasteiger partial charge in [-0.1, -0.05) is 18.3 Å². The number of oxazole rings is 1. The molecule has 39 heavy (non-hydrogen) atoms. The number of pyridine rings is 1. The molecule has 1 saturated heterocycles. The molecule has 0 radical (unpaired) electrons. The Morgan fingerprint density at radius 3 is 2.54 bits per heavy atom. The molecule has 0 atom stereocenters. The van der Waals surface area contributed by atoms with Crippen LogP contribution in [0.15, 0.2) is 53.3 Å². The lowest BCUT2D eigenvalue weighted by Crippen LogP contribution is -2.46. The molecule has 0 bridgehead atoms. The topological polar surface area (TPSA) is 89.7 Å². The lowest BCUT2D eigenvalue weighted by atomic mass is 10.1. The maximum atomic E-state index is 13.5. The molecule has 0 aliphatic carbocycles. The molecule has 5 heterocycles. The third-order valence-electron chi connectivity index (χ3n) is 7.07. The van der Waals surface area contributed by atoms with E-state index in [4.69, 9.17) is 14.5 Å². The molecule has 1 aromatic carbocycles. The molecule has 0 amide bonds. The number of aromatic nitrogens is 4. The molecular formula is C28H27FN8OS. The normalized spacial score (nSPS) is 13.7. The summed E-state index contributed by atoms with van der Waals surface area (Å²) in [5.74, 6) is -0.325. The van der Waals surface area contributed by atoms with E-state index in [0.29, 0.717) is 27.3 Å². The van der Waals surface area contributed by atoms with Crippen LogP contribution in [0.1, 0.15) is 23.2 Å². The molecule has 198 valence electrons. The van der Waals surface area contributed by atoms with E-state index in [0.717, 1.165) is 60.9 Å². The molecular weight excluding hydrogens is 515 g/mol. The van der Waals surface area contributed by atoms with Crippen molar-refractivity contribution in [1.29, 1.82) is 5.26 Å². The van der Waals surface area contributed by atoms with Gasteiger partial charge >= 0.3 is 0 Å². The van der Waals surface area contributed by atoms with Crippen LogP contribution in [0.3, 0.4) is 0 Å². The van der Waals surface area contributed by atoms with Gasteiger partial charge in [-0.15, -0.1) is 0 Å². The minimum absolute atomic E-state index is 0.325. The van der Waals surface area contributed by atoms with E-state index in [1.807, 2.05) is 16.5 Å². The van der Waals surface area contributed by atoms with Crippen LogP contribution in [0.25, 0.3) is 16.8 Å². The van der Waals surface area contributed by atoms with Crippen molar-refractivity contribution in [3.63, 3.8) is 0 Å². The third kappa shape index (κ3) is 4.46. The highest BCUT2D eigenvalue weighted by Crippen LogP contribution is 2.39. The summed E-state index contributed by atoms with van der Waals surface area (Å²) in [5.41, 5.74) is 6.33. The number of aryl methyl sites for hydroxylation is 2. The van der Waals surface area contributed by atoms with E-state index in [-0.39, 0.29) is 5.82 Å². The van der Waals surface area contributed by atoms with Gasteiger partial charge in [0.25, 0.3) is 6.01 Å². The van der Waals surface area contributed by atoms with Gasteiger partial charge in [0.1, 0.15) is 28.7 Å². The Labute approximate surface area is 229 Å². The molecule has 0 saturated carbocycles. The predicted molar refractivity (Wildman–Crippen MR) is 151 cm³/mol. The van der Waals surface area contributed by atoms with Crippen LogP contribution in [0.5, 0.6) is 0 Å². The summed E-state index contributed by atoms with van der Waals surface area (Å²) in [4.78, 5) is 16.1. The first kappa shape index (κ1) is 24.9. The van der Waals surface area contributed by atoms with Gasteiger partial charge in [0.05, 0.1) is 23.1 Å². The summed E-state index contributed by atoms with van der Waals surface area (Å²) in [6, 6.07) is 13.4. The Morgan fingerprint density at radius 2 is 1.87 bits per heavy atom. The van der Waals surface area contributed by atoms with Crippen molar-refractivity contribution in [2.24, 2.45) is 0 Å². The van der Waals surface area contributed by atoms with E-state index in [9.17, 15) is 9.65 Å². The molecule has 0 unspecified atom stereocenters. The second-order valence-electron chi connectivity index (χ2n) is 9.44. The van der Waals surface area contributed by atoms with Crippen molar-refractivity contribution >= 4 is 39.4 Å². The molecule has 1 aliphatic rings. The molecule has 4 aromatic heterocycles. The van der Waals surface area contributed by atoms with Gasteiger partial charge in [-0.2, -0.15) is 10.4 Å². The van der Waals surface area contributed by atoms with E-state index in [1.165, 1.54) is 23.5 Å². The monoisotopic (exact) mass is 542 g/mol. The second kappa shape index (κ2) is 10.0. The molecule has 0 spiro atoms. The molecule has 0 N–H and O–H groups in total. The van der Waals surface area contributed by atoms with E-state index < -0.39 is 0 Å². The van der Waals surface area contributed by atoms with Gasteiger partial charge in [0.2, 0.25) is 0 Å². The van der Waals surface area contributed by atoms with Crippen LogP contribution in [-0.4, -0.2) is 52.8 Å². The second-order valence-corrected chi connectivity index (χ2v) is 10.4. The Bertz CT molecular complexity index is 1660. The lowest BCUT2D eigenvalue weighted by Gasteiger charge is -2.35. The highest BCUT2D eigenvalue weighted by atomic mass is 32.1. The number of halogens is 1. The van der Waals surface area contributed by atoms with E-state index in [1.54, 1.807) is 24.6 Å². The number of thiazole rings is 1. The maximum absolute atomic E-state index is 13.5. The number of piperazine rings is 1. The van der Waals surface area contributed by atoms with Gasteiger partial charge in [-0.25, -0.2) is 18.9 Å². The van der Waals surface area contributed by atoms with Crippen molar-refractivity contribution in [2.45, 2.75) is 20.3 Å². The van der Waals surface area contributed by atoms with Crippen molar-refractivity contribution in [3.8, 4) is 17.3 Å². The predicted octanol–water partition coefficient (Wildman–Crippen LogP) is 5.42. The Morgan fingerprint density at radius 1 is 1.13 bits per heavy atom. The van der Waals surface area contributed by atoms with Crippen molar-refractivity contribution < 1.29 is 8.81 Å². The average Bonchev–Trinajstić information content (AvgIpc) is 3.72. The number of fused-ring (bicyclic) bond motifs is 1. The molecule has 11 heteroatoms. The van der Waals surface area contributed by atoms with Gasteiger partial charge in [0, 0.05) is 50.2 Å². The number of anilines is 4. The van der Waals surface area contributed by atoms with Gasteiger partial charge in [-0.05, 0) is 49.7 Å². The van der Waals surface area contributed by atoms with Crippen molar-refractivity contribution in [3.05, 3.63) is 70.9 Å². The Kier molecular flexibility index (Phi) is 6.40. The fourth-order valence-corrected chi connectivity index (χ4v) is 5.92.